The Bertz CT molecular complexity index is 1430. The van der Waals surface area contributed by atoms with Crippen LogP contribution < -0.4 is 19.9 Å². The van der Waals surface area contributed by atoms with Gasteiger partial charge in [-0.05, 0) is 48.0 Å². The smallest absolute Gasteiger partial charge is 0.330 e. The SMILES string of the molecule is COc1cc(-c2cn(-c3cccc(C(=O)/C=C/c4ccc(Cl)cc4)c3)c(=O)[nH]2)cc(OC)c1OC. The van der Waals surface area contributed by atoms with Crippen molar-refractivity contribution in [3.05, 3.63) is 99.6 Å². The number of H-pyrrole nitrogens is 1. The highest BCUT2D eigenvalue weighted by atomic mass is 35.5. The molecular formula is C27H23ClN2O5. The van der Waals surface area contributed by atoms with E-state index in [0.717, 1.165) is 5.56 Å². The van der Waals surface area contributed by atoms with E-state index in [0.29, 0.717) is 44.8 Å². The molecule has 1 N–H and O–H groups in total. The summed E-state index contributed by atoms with van der Waals surface area (Å²) in [6, 6.07) is 17.5. The highest BCUT2D eigenvalue weighted by molar-refractivity contribution is 6.30. The fourth-order valence-electron chi connectivity index (χ4n) is 3.62. The van der Waals surface area contributed by atoms with Crippen molar-refractivity contribution in [3.63, 3.8) is 0 Å². The summed E-state index contributed by atoms with van der Waals surface area (Å²) in [5.74, 6) is 1.21. The van der Waals surface area contributed by atoms with Crippen LogP contribution in [0.2, 0.25) is 5.02 Å². The van der Waals surface area contributed by atoms with Crippen molar-refractivity contribution in [1.29, 1.82) is 0 Å². The third kappa shape index (κ3) is 5.15. The first-order chi connectivity index (χ1) is 16.9. The minimum absolute atomic E-state index is 0.185. The van der Waals surface area contributed by atoms with Crippen molar-refractivity contribution in [2.75, 3.05) is 21.3 Å². The minimum atomic E-state index is -0.352. The van der Waals surface area contributed by atoms with Gasteiger partial charge in [-0.25, -0.2) is 4.79 Å². The molecule has 0 fully saturated rings. The lowest BCUT2D eigenvalue weighted by Gasteiger charge is -2.13. The van der Waals surface area contributed by atoms with Crippen LogP contribution in [0, 0.1) is 0 Å². The zero-order chi connectivity index (χ0) is 24.9. The Kier molecular flexibility index (Phi) is 7.08. The number of nitrogens with zero attached hydrogens (tertiary/aromatic N) is 1. The molecular weight excluding hydrogens is 468 g/mol. The summed E-state index contributed by atoms with van der Waals surface area (Å²) in [6.45, 7) is 0. The first-order valence-electron chi connectivity index (χ1n) is 10.6. The van der Waals surface area contributed by atoms with E-state index in [2.05, 4.69) is 4.98 Å². The van der Waals surface area contributed by atoms with Gasteiger partial charge in [0.05, 0.1) is 32.7 Å². The summed E-state index contributed by atoms with van der Waals surface area (Å²) in [5.41, 5.74) is 2.73. The molecule has 8 heteroatoms. The highest BCUT2D eigenvalue weighted by Crippen LogP contribution is 2.40. The van der Waals surface area contributed by atoms with Gasteiger partial charge in [0.25, 0.3) is 0 Å². The molecule has 4 rings (SSSR count). The molecule has 0 spiro atoms. The number of aromatic amines is 1. The zero-order valence-corrected chi connectivity index (χ0v) is 20.1. The van der Waals surface area contributed by atoms with Gasteiger partial charge in [0.15, 0.2) is 17.3 Å². The molecule has 3 aromatic carbocycles. The van der Waals surface area contributed by atoms with Crippen LogP contribution in [0.25, 0.3) is 23.0 Å². The maximum atomic E-state index is 12.8. The van der Waals surface area contributed by atoms with E-state index in [1.807, 2.05) is 12.1 Å². The van der Waals surface area contributed by atoms with E-state index < -0.39 is 0 Å². The Hall–Kier alpha value is -4.23. The average molecular weight is 491 g/mol. The van der Waals surface area contributed by atoms with Crippen molar-refractivity contribution in [2.24, 2.45) is 0 Å². The van der Waals surface area contributed by atoms with Crippen LogP contribution in [-0.2, 0) is 0 Å². The second-order valence-electron chi connectivity index (χ2n) is 7.56. The van der Waals surface area contributed by atoms with Crippen LogP contribution in [0.5, 0.6) is 17.2 Å². The number of imidazole rings is 1. The van der Waals surface area contributed by atoms with Gasteiger partial charge >= 0.3 is 5.69 Å². The van der Waals surface area contributed by atoms with E-state index >= 15 is 0 Å². The Morgan fingerprint density at radius 2 is 1.63 bits per heavy atom. The van der Waals surface area contributed by atoms with Crippen LogP contribution >= 0.6 is 11.6 Å². The molecule has 0 amide bonds. The maximum absolute atomic E-state index is 12.8. The van der Waals surface area contributed by atoms with Crippen molar-refractivity contribution in [1.82, 2.24) is 9.55 Å². The van der Waals surface area contributed by atoms with Gasteiger partial charge in [-0.3, -0.25) is 9.36 Å². The lowest BCUT2D eigenvalue weighted by molar-refractivity contribution is 0.104. The van der Waals surface area contributed by atoms with Crippen molar-refractivity contribution >= 4 is 23.5 Å². The second kappa shape index (κ2) is 10.4. The number of ether oxygens (including phenoxy) is 3. The average Bonchev–Trinajstić information content (AvgIpc) is 3.28. The molecule has 4 aromatic rings. The molecule has 0 radical (unpaired) electrons. The number of carbonyl (C=O) groups is 1. The third-order valence-electron chi connectivity index (χ3n) is 5.40. The van der Waals surface area contributed by atoms with Crippen LogP contribution in [0.3, 0.4) is 0 Å². The van der Waals surface area contributed by atoms with Gasteiger partial charge in [0, 0.05) is 22.3 Å². The second-order valence-corrected chi connectivity index (χ2v) is 7.99. The molecule has 178 valence electrons. The third-order valence-corrected chi connectivity index (χ3v) is 5.65. The predicted molar refractivity (Wildman–Crippen MR) is 136 cm³/mol. The summed E-state index contributed by atoms with van der Waals surface area (Å²) in [5, 5.41) is 0.629. The van der Waals surface area contributed by atoms with Gasteiger partial charge in [-0.15, -0.1) is 0 Å². The molecule has 7 nitrogen and oxygen atoms in total. The standard InChI is InChI=1S/C27H23ClN2O5/c1-33-24-14-19(15-25(34-2)26(24)35-3)22-16-30(27(32)29-22)21-6-4-5-18(13-21)23(31)12-9-17-7-10-20(28)11-8-17/h4-16H,1-3H3,(H,29,32)/b12-9+. The summed E-state index contributed by atoms with van der Waals surface area (Å²) in [7, 11) is 4.58. The fraction of sp³-hybridized carbons (Fsp3) is 0.111. The van der Waals surface area contributed by atoms with Gasteiger partial charge in [-0.1, -0.05) is 41.9 Å². The molecule has 0 aliphatic rings. The number of ketones is 1. The molecule has 0 atom stereocenters. The molecule has 0 unspecified atom stereocenters. The molecule has 35 heavy (non-hydrogen) atoms. The van der Waals surface area contributed by atoms with Gasteiger partial charge in [0.1, 0.15) is 0 Å². The van der Waals surface area contributed by atoms with Crippen molar-refractivity contribution in [2.45, 2.75) is 0 Å². The first-order valence-corrected chi connectivity index (χ1v) is 11.0. The number of halogens is 1. The zero-order valence-electron chi connectivity index (χ0n) is 19.4. The Morgan fingerprint density at radius 1 is 0.943 bits per heavy atom. The monoisotopic (exact) mass is 490 g/mol. The Balaban J connectivity index is 1.65. The topological polar surface area (TPSA) is 82.6 Å². The van der Waals surface area contributed by atoms with Crippen molar-refractivity contribution in [3.8, 4) is 34.2 Å². The highest BCUT2D eigenvalue weighted by Gasteiger charge is 2.16. The normalized spacial score (nSPS) is 11.0. The summed E-state index contributed by atoms with van der Waals surface area (Å²) < 4.78 is 17.6. The number of methoxy groups -OCH3 is 3. The number of benzene rings is 3. The molecule has 0 aliphatic heterocycles. The molecule has 0 saturated carbocycles. The van der Waals surface area contributed by atoms with E-state index in [1.54, 1.807) is 60.8 Å². The fourth-order valence-corrected chi connectivity index (χ4v) is 3.75. The Morgan fingerprint density at radius 3 is 2.26 bits per heavy atom. The van der Waals surface area contributed by atoms with Crippen LogP contribution in [0.15, 0.2) is 77.7 Å². The quantitative estimate of drug-likeness (QED) is 0.264. The number of hydrogen-bond acceptors (Lipinski definition) is 5. The van der Waals surface area contributed by atoms with E-state index in [-0.39, 0.29) is 11.5 Å². The van der Waals surface area contributed by atoms with Crippen LogP contribution in [-0.4, -0.2) is 36.7 Å². The number of aromatic nitrogens is 2. The van der Waals surface area contributed by atoms with Gasteiger partial charge < -0.3 is 19.2 Å². The van der Waals surface area contributed by atoms with Crippen LogP contribution in [0.1, 0.15) is 15.9 Å². The molecule has 1 heterocycles. The lowest BCUT2D eigenvalue weighted by atomic mass is 10.1. The summed E-state index contributed by atoms with van der Waals surface area (Å²) >= 11 is 5.90. The summed E-state index contributed by atoms with van der Waals surface area (Å²) in [4.78, 5) is 28.4. The van der Waals surface area contributed by atoms with Gasteiger partial charge in [0.2, 0.25) is 5.75 Å². The largest absolute Gasteiger partial charge is 0.493 e. The minimum Gasteiger partial charge on any atom is -0.493 e. The molecule has 1 aromatic heterocycles. The molecule has 0 bridgehead atoms. The van der Waals surface area contributed by atoms with Crippen molar-refractivity contribution < 1.29 is 19.0 Å². The van der Waals surface area contributed by atoms with Gasteiger partial charge in [-0.2, -0.15) is 0 Å². The van der Waals surface area contributed by atoms with E-state index in [1.165, 1.54) is 32.0 Å². The van der Waals surface area contributed by atoms with Crippen LogP contribution in [0.4, 0.5) is 0 Å². The first kappa shape index (κ1) is 23.9. The van der Waals surface area contributed by atoms with E-state index in [9.17, 15) is 9.59 Å². The lowest BCUT2D eigenvalue weighted by Crippen LogP contribution is -2.14. The molecule has 0 saturated heterocycles. The number of hydrogen-bond donors (Lipinski definition) is 1. The number of nitrogens with one attached hydrogen (secondary N) is 1. The maximum Gasteiger partial charge on any atom is 0.330 e. The number of carbonyl (C=O) groups excluding carboxylic acids is 1. The molecule has 0 aliphatic carbocycles. The predicted octanol–water partition coefficient (Wildman–Crippen LogP) is 5.41. The summed E-state index contributed by atoms with van der Waals surface area (Å²) in [6.07, 6.45) is 4.87. The Labute approximate surface area is 207 Å². The number of allylic oxidation sites excluding steroid dienone is 1. The number of rotatable bonds is 8. The van der Waals surface area contributed by atoms with E-state index in [4.69, 9.17) is 25.8 Å².